The van der Waals surface area contributed by atoms with Crippen molar-refractivity contribution in [3.63, 3.8) is 0 Å². The number of amides is 2. The Balaban J connectivity index is 2.49. The van der Waals surface area contributed by atoms with Crippen molar-refractivity contribution in [2.45, 2.75) is 143 Å². The molecule has 1 heterocycles. The van der Waals surface area contributed by atoms with E-state index in [1.54, 1.807) is 6.08 Å². The fourth-order valence-electron chi connectivity index (χ4n) is 4.68. The molecular weight excluding hydrogens is 450 g/mol. The number of rotatable bonds is 18. The normalized spacial score (nSPS) is 17.0. The third-order valence-corrected chi connectivity index (χ3v) is 6.56. The molecule has 0 spiro atoms. The third-order valence-electron chi connectivity index (χ3n) is 6.56. The second-order valence-electron chi connectivity index (χ2n) is 11.3. The summed E-state index contributed by atoms with van der Waals surface area (Å²) in [6, 6.07) is 0. The van der Waals surface area contributed by atoms with Crippen molar-refractivity contribution in [3.8, 4) is 0 Å². The molecule has 0 bridgehead atoms. The first-order chi connectivity index (χ1) is 17.2. The molecule has 5 heteroatoms. The Morgan fingerprint density at radius 1 is 0.917 bits per heavy atom. The van der Waals surface area contributed by atoms with Crippen molar-refractivity contribution in [2.75, 3.05) is 6.54 Å². The average molecular weight is 504 g/mol. The molecule has 0 aromatic heterocycles. The average Bonchev–Trinajstić information content (AvgIpc) is 2.90. The smallest absolute Gasteiger partial charge is 0.330 e. The summed E-state index contributed by atoms with van der Waals surface area (Å²) in [5.41, 5.74) is 0.481. The molecule has 5 nitrogen and oxygen atoms in total. The van der Waals surface area contributed by atoms with E-state index in [2.05, 4.69) is 13.8 Å². The van der Waals surface area contributed by atoms with Crippen molar-refractivity contribution in [2.24, 2.45) is 5.92 Å². The van der Waals surface area contributed by atoms with Gasteiger partial charge in [0.15, 0.2) is 0 Å². The molecule has 1 aliphatic heterocycles. The Labute approximate surface area is 221 Å². The summed E-state index contributed by atoms with van der Waals surface area (Å²) < 4.78 is 5.31. The number of ether oxygens (including phenoxy) is 1. The van der Waals surface area contributed by atoms with Crippen molar-refractivity contribution < 1.29 is 19.1 Å². The predicted octanol–water partition coefficient (Wildman–Crippen LogP) is 8.08. The maximum Gasteiger partial charge on any atom is 0.330 e. The minimum Gasteiger partial charge on any atom is -0.457 e. The van der Waals surface area contributed by atoms with Gasteiger partial charge in [-0.05, 0) is 40.0 Å². The van der Waals surface area contributed by atoms with Gasteiger partial charge in [0.1, 0.15) is 5.60 Å². The lowest BCUT2D eigenvalue weighted by molar-refractivity contribution is -0.149. The molecule has 0 saturated carbocycles. The van der Waals surface area contributed by atoms with E-state index in [4.69, 9.17) is 4.74 Å². The first-order valence-corrected chi connectivity index (χ1v) is 14.6. The van der Waals surface area contributed by atoms with Gasteiger partial charge in [0.2, 0.25) is 11.8 Å². The van der Waals surface area contributed by atoms with Crippen molar-refractivity contribution >= 4 is 17.8 Å². The van der Waals surface area contributed by atoms with Crippen molar-refractivity contribution in [3.05, 3.63) is 23.8 Å². The highest BCUT2D eigenvalue weighted by Gasteiger charge is 2.30. The summed E-state index contributed by atoms with van der Waals surface area (Å²) in [6.07, 6.45) is 22.6. The van der Waals surface area contributed by atoms with E-state index < -0.39 is 17.5 Å². The van der Waals surface area contributed by atoms with Gasteiger partial charge in [-0.1, -0.05) is 109 Å². The molecule has 0 N–H and O–H groups in total. The number of allylic oxidation sites excluding steroid dienone is 1. The van der Waals surface area contributed by atoms with Crippen LogP contribution in [0.3, 0.4) is 0 Å². The molecule has 0 radical (unpaired) electrons. The van der Waals surface area contributed by atoms with Gasteiger partial charge in [0.05, 0.1) is 5.92 Å². The van der Waals surface area contributed by atoms with Gasteiger partial charge < -0.3 is 4.74 Å². The zero-order valence-electron chi connectivity index (χ0n) is 23.9. The monoisotopic (exact) mass is 503 g/mol. The summed E-state index contributed by atoms with van der Waals surface area (Å²) in [5, 5.41) is 0. The summed E-state index contributed by atoms with van der Waals surface area (Å²) >= 11 is 0. The number of hydrogen-bond donors (Lipinski definition) is 0. The fraction of sp³-hybridized carbons (Fsp3) is 0.774. The summed E-state index contributed by atoms with van der Waals surface area (Å²) in [6.45, 7) is 10.3. The molecule has 0 aromatic carbocycles. The molecule has 2 amide bonds. The molecule has 0 fully saturated rings. The van der Waals surface area contributed by atoms with Crippen LogP contribution in [0.4, 0.5) is 0 Å². The van der Waals surface area contributed by atoms with E-state index in [1.807, 2.05) is 26.8 Å². The van der Waals surface area contributed by atoms with Crippen LogP contribution < -0.4 is 0 Å². The van der Waals surface area contributed by atoms with Gasteiger partial charge in [0, 0.05) is 19.0 Å². The van der Waals surface area contributed by atoms with Crippen LogP contribution in [0.25, 0.3) is 0 Å². The first kappa shape index (κ1) is 32.1. The predicted molar refractivity (Wildman–Crippen MR) is 148 cm³/mol. The van der Waals surface area contributed by atoms with Crippen LogP contribution in [0, 0.1) is 5.92 Å². The van der Waals surface area contributed by atoms with Crippen molar-refractivity contribution in [1.82, 2.24) is 4.90 Å². The first-order valence-electron chi connectivity index (χ1n) is 14.6. The standard InChI is InChI=1S/C31H53NO4/c1-6-8-9-10-11-12-13-14-15-16-17-18-23-32-28(33)25-26(20-7-2)24-27(30(32)35)21-19-22-29(34)36-31(3,4)5/h19,22,24,27H,6-18,20-21,23,25H2,1-5H3/b22-19+. The lowest BCUT2D eigenvalue weighted by Crippen LogP contribution is -2.39. The number of carbonyl (C=O) groups is 3. The minimum absolute atomic E-state index is 0.0820. The molecule has 206 valence electrons. The van der Waals surface area contributed by atoms with Crippen LogP contribution >= 0.6 is 0 Å². The molecule has 36 heavy (non-hydrogen) atoms. The summed E-state index contributed by atoms with van der Waals surface area (Å²) in [4.78, 5) is 39.6. The van der Waals surface area contributed by atoms with Gasteiger partial charge >= 0.3 is 5.97 Å². The van der Waals surface area contributed by atoms with Crippen LogP contribution in [-0.2, 0) is 19.1 Å². The summed E-state index contributed by atoms with van der Waals surface area (Å²) in [7, 11) is 0. The maximum absolute atomic E-state index is 13.3. The van der Waals surface area contributed by atoms with E-state index in [0.29, 0.717) is 19.4 Å². The molecule has 1 aliphatic rings. The van der Waals surface area contributed by atoms with Crippen LogP contribution in [-0.4, -0.2) is 34.8 Å². The number of unbranched alkanes of at least 4 members (excludes halogenated alkanes) is 11. The maximum atomic E-state index is 13.3. The molecule has 0 aliphatic carbocycles. The highest BCUT2D eigenvalue weighted by Crippen LogP contribution is 2.24. The Kier molecular flexibility index (Phi) is 16.4. The minimum atomic E-state index is -0.550. The van der Waals surface area contributed by atoms with Gasteiger partial charge in [-0.3, -0.25) is 14.5 Å². The third kappa shape index (κ3) is 14.6. The molecule has 1 rings (SSSR count). The quantitative estimate of drug-likeness (QED) is 0.0623. The SMILES string of the molecule is CCCCCCCCCCCCCCN1C(=O)CC(CCC)=CC(C/C=C/C(=O)OC(C)(C)C)C1=O. The number of imide groups is 1. The molecule has 1 atom stereocenters. The van der Waals surface area contributed by atoms with Gasteiger partial charge in [0.25, 0.3) is 0 Å². The number of carbonyl (C=O) groups excluding carboxylic acids is 3. The molecule has 0 aromatic rings. The van der Waals surface area contributed by atoms with E-state index in [0.717, 1.165) is 37.7 Å². The Bertz CT molecular complexity index is 717. The van der Waals surface area contributed by atoms with Crippen LogP contribution in [0.1, 0.15) is 137 Å². The lowest BCUT2D eigenvalue weighted by atomic mass is 9.98. The fourth-order valence-corrected chi connectivity index (χ4v) is 4.68. The zero-order chi connectivity index (χ0) is 26.8. The lowest BCUT2D eigenvalue weighted by Gasteiger charge is -2.22. The second-order valence-corrected chi connectivity index (χ2v) is 11.3. The van der Waals surface area contributed by atoms with E-state index in [1.165, 1.54) is 68.8 Å². The Hall–Kier alpha value is -1.91. The number of hydrogen-bond acceptors (Lipinski definition) is 4. The number of nitrogens with zero attached hydrogens (tertiary/aromatic N) is 1. The van der Waals surface area contributed by atoms with Gasteiger partial charge in [-0.25, -0.2) is 4.79 Å². The highest BCUT2D eigenvalue weighted by molar-refractivity contribution is 5.99. The summed E-state index contributed by atoms with van der Waals surface area (Å²) in [5.74, 6) is -1.04. The zero-order valence-corrected chi connectivity index (χ0v) is 23.9. The van der Waals surface area contributed by atoms with Crippen molar-refractivity contribution in [1.29, 1.82) is 0 Å². The van der Waals surface area contributed by atoms with Crippen LogP contribution in [0.15, 0.2) is 23.8 Å². The highest BCUT2D eigenvalue weighted by atomic mass is 16.6. The molecule has 1 unspecified atom stereocenters. The van der Waals surface area contributed by atoms with Gasteiger partial charge in [-0.15, -0.1) is 0 Å². The number of esters is 1. The Morgan fingerprint density at radius 2 is 1.47 bits per heavy atom. The second kappa shape index (κ2) is 18.4. The van der Waals surface area contributed by atoms with E-state index in [9.17, 15) is 14.4 Å². The Morgan fingerprint density at radius 3 is 2.00 bits per heavy atom. The molecule has 0 saturated heterocycles. The topological polar surface area (TPSA) is 63.7 Å². The van der Waals surface area contributed by atoms with E-state index >= 15 is 0 Å². The van der Waals surface area contributed by atoms with Crippen LogP contribution in [0.2, 0.25) is 0 Å². The molecular formula is C31H53NO4. The largest absolute Gasteiger partial charge is 0.457 e. The van der Waals surface area contributed by atoms with Crippen LogP contribution in [0.5, 0.6) is 0 Å². The van der Waals surface area contributed by atoms with E-state index in [-0.39, 0.29) is 11.8 Å². The van der Waals surface area contributed by atoms with Gasteiger partial charge in [-0.2, -0.15) is 0 Å².